The first kappa shape index (κ1) is 25.2. The van der Waals surface area contributed by atoms with Crippen molar-refractivity contribution in [3.63, 3.8) is 0 Å². The highest BCUT2D eigenvalue weighted by Crippen LogP contribution is 2.44. The summed E-state index contributed by atoms with van der Waals surface area (Å²) >= 11 is 0. The third-order valence-corrected chi connectivity index (χ3v) is 9.45. The van der Waals surface area contributed by atoms with Gasteiger partial charge in [-0.05, 0) is 98.9 Å². The smallest absolute Gasteiger partial charge is 0.136 e. The number of hydrogen-bond acceptors (Lipinski definition) is 2. The molecule has 7 aromatic carbocycles. The minimum absolute atomic E-state index is 0.905. The zero-order valence-electron chi connectivity index (χ0n) is 24.8. The van der Waals surface area contributed by atoms with E-state index in [1.54, 1.807) is 0 Å². The predicted molar refractivity (Wildman–Crippen MR) is 192 cm³/mol. The summed E-state index contributed by atoms with van der Waals surface area (Å²) in [7, 11) is 0. The van der Waals surface area contributed by atoms with Crippen LogP contribution in [0.4, 0.5) is 0 Å². The summed E-state index contributed by atoms with van der Waals surface area (Å²) in [4.78, 5) is 4.41. The highest BCUT2D eigenvalue weighted by atomic mass is 16.3. The van der Waals surface area contributed by atoms with Crippen molar-refractivity contribution in [1.82, 2.24) is 9.55 Å². The maximum absolute atomic E-state index is 6.38. The van der Waals surface area contributed by atoms with Crippen LogP contribution >= 0.6 is 0 Å². The molecule has 0 amide bonds. The summed E-state index contributed by atoms with van der Waals surface area (Å²) in [6, 6.07) is 52.3. The van der Waals surface area contributed by atoms with Crippen molar-refractivity contribution in [2.45, 2.75) is 0 Å². The second-order valence-corrected chi connectivity index (χ2v) is 12.0. The number of fused-ring (bicyclic) bond motifs is 9. The van der Waals surface area contributed by atoms with E-state index in [0.29, 0.717) is 0 Å². The van der Waals surface area contributed by atoms with E-state index in [9.17, 15) is 0 Å². The number of rotatable bonds is 3. The molecule has 0 atom stereocenters. The maximum atomic E-state index is 6.38. The van der Waals surface area contributed by atoms with Gasteiger partial charge in [-0.25, -0.2) is 0 Å². The average molecular weight is 587 g/mol. The van der Waals surface area contributed by atoms with E-state index in [-0.39, 0.29) is 0 Å². The normalized spacial score (nSPS) is 11.9. The second-order valence-electron chi connectivity index (χ2n) is 12.0. The van der Waals surface area contributed by atoms with Crippen LogP contribution in [0.15, 0.2) is 162 Å². The Labute approximate surface area is 264 Å². The number of pyridine rings is 1. The molecule has 0 aliphatic carbocycles. The third kappa shape index (κ3) is 3.63. The van der Waals surface area contributed by atoms with Crippen LogP contribution in [0.25, 0.3) is 93.2 Å². The molecular formula is C43H26N2O. The molecule has 0 aliphatic rings. The van der Waals surface area contributed by atoms with Crippen LogP contribution < -0.4 is 0 Å². The van der Waals surface area contributed by atoms with Gasteiger partial charge in [0.15, 0.2) is 0 Å². The van der Waals surface area contributed by atoms with Crippen LogP contribution in [0.3, 0.4) is 0 Å². The Balaban J connectivity index is 1.35. The first-order chi connectivity index (χ1) is 22.8. The van der Waals surface area contributed by atoms with E-state index < -0.39 is 0 Å². The molecule has 0 saturated carbocycles. The molecule has 0 saturated heterocycles. The Hall–Kier alpha value is -6.19. The Morgan fingerprint density at radius 1 is 0.457 bits per heavy atom. The van der Waals surface area contributed by atoms with Crippen molar-refractivity contribution in [2.75, 3.05) is 0 Å². The fraction of sp³-hybridized carbons (Fsp3) is 0. The molecule has 0 radical (unpaired) electrons. The first-order valence-corrected chi connectivity index (χ1v) is 15.6. The summed E-state index contributed by atoms with van der Waals surface area (Å²) in [6.07, 6.45) is 3.76. The Morgan fingerprint density at radius 2 is 1.28 bits per heavy atom. The number of furan rings is 1. The fourth-order valence-corrected chi connectivity index (χ4v) is 7.41. The van der Waals surface area contributed by atoms with Crippen LogP contribution in [0.2, 0.25) is 0 Å². The first-order valence-electron chi connectivity index (χ1n) is 15.6. The van der Waals surface area contributed by atoms with Gasteiger partial charge in [0.05, 0.1) is 11.0 Å². The van der Waals surface area contributed by atoms with Crippen molar-refractivity contribution < 1.29 is 4.42 Å². The molecule has 3 heterocycles. The van der Waals surface area contributed by atoms with Crippen molar-refractivity contribution >= 4 is 65.3 Å². The molecule has 214 valence electrons. The predicted octanol–water partition coefficient (Wildman–Crippen LogP) is 11.7. The summed E-state index contributed by atoms with van der Waals surface area (Å²) in [5.41, 5.74) is 10.0. The summed E-state index contributed by atoms with van der Waals surface area (Å²) in [5, 5.41) is 9.54. The van der Waals surface area contributed by atoms with Crippen LogP contribution in [0.1, 0.15) is 0 Å². The molecule has 46 heavy (non-hydrogen) atoms. The van der Waals surface area contributed by atoms with Gasteiger partial charge < -0.3 is 8.98 Å². The maximum Gasteiger partial charge on any atom is 0.136 e. The highest BCUT2D eigenvalue weighted by molar-refractivity contribution is 6.23. The van der Waals surface area contributed by atoms with Gasteiger partial charge in [0.1, 0.15) is 11.2 Å². The average Bonchev–Trinajstić information content (AvgIpc) is 3.66. The SMILES string of the molecule is c1ccc(-n2c3ccccc3c3c(-c4cc5cc6c(cc5c5cc(-c7cccnc7)ccc45)oc4ccccc46)cccc32)cc1. The van der Waals surface area contributed by atoms with Crippen LogP contribution in [0.5, 0.6) is 0 Å². The third-order valence-electron chi connectivity index (χ3n) is 9.45. The number of benzene rings is 7. The highest BCUT2D eigenvalue weighted by Gasteiger charge is 2.19. The lowest BCUT2D eigenvalue weighted by atomic mass is 9.89. The molecule has 0 fully saturated rings. The van der Waals surface area contributed by atoms with E-state index in [2.05, 4.69) is 137 Å². The number of hydrogen-bond donors (Lipinski definition) is 0. The Kier molecular flexibility index (Phi) is 5.28. The molecule has 10 rings (SSSR count). The van der Waals surface area contributed by atoms with Gasteiger partial charge in [-0.1, -0.05) is 84.9 Å². The van der Waals surface area contributed by atoms with Gasteiger partial charge in [0.2, 0.25) is 0 Å². The Bertz CT molecular complexity index is 2790. The van der Waals surface area contributed by atoms with Crippen LogP contribution in [-0.2, 0) is 0 Å². The van der Waals surface area contributed by atoms with Gasteiger partial charge in [-0.3, -0.25) is 4.98 Å². The minimum atomic E-state index is 0.905. The van der Waals surface area contributed by atoms with E-state index in [4.69, 9.17) is 4.42 Å². The van der Waals surface area contributed by atoms with Gasteiger partial charge in [-0.2, -0.15) is 0 Å². The lowest BCUT2D eigenvalue weighted by Crippen LogP contribution is -1.93. The van der Waals surface area contributed by atoms with Crippen molar-refractivity contribution in [3.8, 4) is 27.9 Å². The second kappa shape index (κ2) is 9.65. The topological polar surface area (TPSA) is 31.0 Å². The lowest BCUT2D eigenvalue weighted by Gasteiger charge is -2.14. The van der Waals surface area contributed by atoms with Gasteiger partial charge in [0, 0.05) is 45.2 Å². The molecule has 3 nitrogen and oxygen atoms in total. The fourth-order valence-electron chi connectivity index (χ4n) is 7.41. The van der Waals surface area contributed by atoms with E-state index in [1.165, 1.54) is 54.5 Å². The molecule has 0 aliphatic heterocycles. The molecule has 10 aromatic rings. The molecule has 0 unspecified atom stereocenters. The van der Waals surface area contributed by atoms with Gasteiger partial charge >= 0.3 is 0 Å². The zero-order valence-corrected chi connectivity index (χ0v) is 24.8. The van der Waals surface area contributed by atoms with Crippen molar-refractivity contribution in [1.29, 1.82) is 0 Å². The van der Waals surface area contributed by atoms with Crippen LogP contribution in [0, 0.1) is 0 Å². The quantitative estimate of drug-likeness (QED) is 0.193. The van der Waals surface area contributed by atoms with Gasteiger partial charge in [0.25, 0.3) is 0 Å². The van der Waals surface area contributed by atoms with E-state index in [1.807, 2.05) is 30.6 Å². The van der Waals surface area contributed by atoms with Crippen molar-refractivity contribution in [3.05, 3.63) is 158 Å². The standard InChI is InChI=1S/C43H26N2O/c1-2-11-30(12-3-1)45-39-16-6-4-14-34(39)43-33(15-8-17-40(43)45)36-23-29-24-38-32-13-5-7-18-41(32)46-42(38)25-35(29)37-22-27(19-20-31(36)37)28-10-9-21-44-26-28/h1-26H. The Morgan fingerprint density at radius 3 is 2.17 bits per heavy atom. The number of nitrogens with zero attached hydrogens (tertiary/aromatic N) is 2. The molecular weight excluding hydrogens is 560 g/mol. The van der Waals surface area contributed by atoms with Gasteiger partial charge in [-0.15, -0.1) is 0 Å². The van der Waals surface area contributed by atoms with E-state index in [0.717, 1.165) is 38.8 Å². The molecule has 3 heteroatoms. The molecule has 3 aromatic heterocycles. The minimum Gasteiger partial charge on any atom is -0.456 e. The lowest BCUT2D eigenvalue weighted by molar-refractivity contribution is 0.669. The summed E-state index contributed by atoms with van der Waals surface area (Å²) in [5.74, 6) is 0. The number of para-hydroxylation sites is 3. The van der Waals surface area contributed by atoms with E-state index >= 15 is 0 Å². The van der Waals surface area contributed by atoms with Crippen LogP contribution in [-0.4, -0.2) is 9.55 Å². The summed E-state index contributed by atoms with van der Waals surface area (Å²) < 4.78 is 8.77. The number of aromatic nitrogens is 2. The molecule has 0 bridgehead atoms. The molecule has 0 spiro atoms. The zero-order chi connectivity index (χ0) is 30.2. The summed E-state index contributed by atoms with van der Waals surface area (Å²) in [6.45, 7) is 0. The van der Waals surface area contributed by atoms with Crippen molar-refractivity contribution in [2.24, 2.45) is 0 Å². The monoisotopic (exact) mass is 586 g/mol. The largest absolute Gasteiger partial charge is 0.456 e. The molecule has 0 N–H and O–H groups in total.